The molecule has 112 valence electrons. The number of fused-ring (bicyclic) bond motifs is 1. The highest BCUT2D eigenvalue weighted by atomic mass is 16.2. The largest absolute Gasteiger partial charge is 0.378 e. The number of hydrogen-bond acceptors (Lipinski definition) is 3. The van der Waals surface area contributed by atoms with Crippen LogP contribution in [-0.2, 0) is 0 Å². The molecule has 2 aromatic rings. The molecule has 1 aliphatic heterocycles. The molecule has 0 aliphatic carbocycles. The fourth-order valence-electron chi connectivity index (χ4n) is 2.68. The number of amides is 2. The molecule has 0 bridgehead atoms. The van der Waals surface area contributed by atoms with Crippen LogP contribution in [0, 0.1) is 6.92 Å². The molecule has 4 nitrogen and oxygen atoms in total. The standard InChI is InChI=1S/C18H18N2O2/c1-3-16(12-6-4-11(2)5-7-12)19-13-8-9-14-15(10-13)18(22)20-17(14)21/h4-10,16,19H,3H2,1-2H3,(H,20,21,22). The lowest BCUT2D eigenvalue weighted by molar-refractivity contribution is 0.0879. The van der Waals surface area contributed by atoms with Crippen LogP contribution in [0.15, 0.2) is 42.5 Å². The van der Waals surface area contributed by atoms with Crippen LogP contribution in [0.3, 0.4) is 0 Å². The summed E-state index contributed by atoms with van der Waals surface area (Å²) in [4.78, 5) is 23.3. The van der Waals surface area contributed by atoms with Gasteiger partial charge in [-0.2, -0.15) is 0 Å². The van der Waals surface area contributed by atoms with E-state index in [1.54, 1.807) is 12.1 Å². The van der Waals surface area contributed by atoms with Crippen molar-refractivity contribution in [2.75, 3.05) is 5.32 Å². The molecule has 4 heteroatoms. The number of nitrogens with one attached hydrogen (secondary N) is 2. The molecule has 1 unspecified atom stereocenters. The summed E-state index contributed by atoms with van der Waals surface area (Å²) in [5.74, 6) is -0.649. The number of benzene rings is 2. The molecule has 0 radical (unpaired) electrons. The Hall–Kier alpha value is -2.62. The topological polar surface area (TPSA) is 58.2 Å². The highest BCUT2D eigenvalue weighted by Gasteiger charge is 2.26. The van der Waals surface area contributed by atoms with Gasteiger partial charge in [0.2, 0.25) is 0 Å². The van der Waals surface area contributed by atoms with Crippen molar-refractivity contribution >= 4 is 17.5 Å². The normalized spacial score (nSPS) is 14.5. The monoisotopic (exact) mass is 294 g/mol. The van der Waals surface area contributed by atoms with E-state index in [0.717, 1.165) is 12.1 Å². The minimum absolute atomic E-state index is 0.166. The fraction of sp³-hybridized carbons (Fsp3) is 0.222. The van der Waals surface area contributed by atoms with Crippen molar-refractivity contribution in [2.24, 2.45) is 0 Å². The molecule has 0 fully saturated rings. The average molecular weight is 294 g/mol. The van der Waals surface area contributed by atoms with E-state index < -0.39 is 0 Å². The van der Waals surface area contributed by atoms with Crippen LogP contribution in [0.25, 0.3) is 0 Å². The van der Waals surface area contributed by atoms with Crippen molar-refractivity contribution in [3.05, 3.63) is 64.7 Å². The highest BCUT2D eigenvalue weighted by molar-refractivity contribution is 6.21. The summed E-state index contributed by atoms with van der Waals surface area (Å²) in [6.45, 7) is 4.18. The first-order chi connectivity index (χ1) is 10.6. The Balaban J connectivity index is 1.86. The second-order valence-electron chi connectivity index (χ2n) is 5.56. The van der Waals surface area contributed by atoms with Crippen LogP contribution in [0.4, 0.5) is 5.69 Å². The van der Waals surface area contributed by atoms with Gasteiger partial charge >= 0.3 is 0 Å². The number of anilines is 1. The summed E-state index contributed by atoms with van der Waals surface area (Å²) in [7, 11) is 0. The molecular formula is C18H18N2O2. The number of imide groups is 1. The van der Waals surface area contributed by atoms with Crippen LogP contribution in [-0.4, -0.2) is 11.8 Å². The predicted octanol–water partition coefficient (Wildman–Crippen LogP) is 3.44. The Labute approximate surface area is 129 Å². The lowest BCUT2D eigenvalue weighted by Crippen LogP contribution is -2.19. The van der Waals surface area contributed by atoms with Gasteiger partial charge in [0.05, 0.1) is 17.2 Å². The molecule has 2 aromatic carbocycles. The fourth-order valence-corrected chi connectivity index (χ4v) is 2.68. The van der Waals surface area contributed by atoms with E-state index >= 15 is 0 Å². The van der Waals surface area contributed by atoms with Crippen molar-refractivity contribution in [1.82, 2.24) is 5.32 Å². The Kier molecular flexibility index (Phi) is 3.67. The second kappa shape index (κ2) is 5.64. The van der Waals surface area contributed by atoms with Crippen LogP contribution < -0.4 is 10.6 Å². The van der Waals surface area contributed by atoms with Crippen molar-refractivity contribution in [3.63, 3.8) is 0 Å². The maximum Gasteiger partial charge on any atom is 0.259 e. The Morgan fingerprint density at radius 3 is 2.36 bits per heavy atom. The van der Waals surface area contributed by atoms with Crippen molar-refractivity contribution in [1.29, 1.82) is 0 Å². The van der Waals surface area contributed by atoms with E-state index in [4.69, 9.17) is 0 Å². The molecule has 0 spiro atoms. The van der Waals surface area contributed by atoms with Crippen molar-refractivity contribution in [3.8, 4) is 0 Å². The number of rotatable bonds is 4. The van der Waals surface area contributed by atoms with Gasteiger partial charge in [-0.3, -0.25) is 14.9 Å². The molecule has 0 saturated heterocycles. The molecule has 0 saturated carbocycles. The lowest BCUT2D eigenvalue weighted by Gasteiger charge is -2.19. The SMILES string of the molecule is CCC(Nc1ccc2c(c1)C(=O)NC2=O)c1ccc(C)cc1. The lowest BCUT2D eigenvalue weighted by atomic mass is 10.0. The van der Waals surface area contributed by atoms with Crippen LogP contribution in [0.1, 0.15) is 51.2 Å². The Morgan fingerprint density at radius 1 is 1.00 bits per heavy atom. The van der Waals surface area contributed by atoms with E-state index in [9.17, 15) is 9.59 Å². The molecular weight excluding hydrogens is 276 g/mol. The number of carbonyl (C=O) groups is 2. The van der Waals surface area contributed by atoms with Crippen LogP contribution >= 0.6 is 0 Å². The zero-order valence-electron chi connectivity index (χ0n) is 12.6. The van der Waals surface area contributed by atoms with Gasteiger partial charge < -0.3 is 5.32 Å². The van der Waals surface area contributed by atoms with E-state index in [1.165, 1.54) is 11.1 Å². The third-order valence-corrected chi connectivity index (χ3v) is 3.96. The van der Waals surface area contributed by atoms with Gasteiger partial charge in [-0.25, -0.2) is 0 Å². The van der Waals surface area contributed by atoms with E-state index in [-0.39, 0.29) is 17.9 Å². The number of carbonyl (C=O) groups excluding carboxylic acids is 2. The maximum absolute atomic E-state index is 11.7. The Bertz CT molecular complexity index is 735. The second-order valence-corrected chi connectivity index (χ2v) is 5.56. The smallest absolute Gasteiger partial charge is 0.259 e. The zero-order chi connectivity index (χ0) is 15.7. The summed E-state index contributed by atoms with van der Waals surface area (Å²) in [6, 6.07) is 13.8. The average Bonchev–Trinajstić information content (AvgIpc) is 2.80. The van der Waals surface area contributed by atoms with Crippen LogP contribution in [0.5, 0.6) is 0 Å². The van der Waals surface area contributed by atoms with E-state index in [0.29, 0.717) is 11.1 Å². The van der Waals surface area contributed by atoms with E-state index in [2.05, 4.69) is 48.7 Å². The molecule has 2 N–H and O–H groups in total. The molecule has 1 heterocycles. The first-order valence-electron chi connectivity index (χ1n) is 7.41. The molecule has 2 amide bonds. The van der Waals surface area contributed by atoms with Crippen molar-refractivity contribution in [2.45, 2.75) is 26.3 Å². The van der Waals surface area contributed by atoms with Gasteiger partial charge in [0.25, 0.3) is 11.8 Å². The molecule has 3 rings (SSSR count). The summed E-state index contributed by atoms with van der Waals surface area (Å²) >= 11 is 0. The minimum Gasteiger partial charge on any atom is -0.378 e. The Morgan fingerprint density at radius 2 is 1.68 bits per heavy atom. The molecule has 0 aromatic heterocycles. The predicted molar refractivity (Wildman–Crippen MR) is 86.1 cm³/mol. The third kappa shape index (κ3) is 2.60. The molecule has 1 atom stereocenters. The molecule has 22 heavy (non-hydrogen) atoms. The van der Waals surface area contributed by atoms with Gasteiger partial charge in [0.1, 0.15) is 0 Å². The summed E-state index contributed by atoms with van der Waals surface area (Å²) in [5, 5.41) is 5.75. The van der Waals surface area contributed by atoms with Gasteiger partial charge in [-0.05, 0) is 37.1 Å². The first kappa shape index (κ1) is 14.3. The van der Waals surface area contributed by atoms with Crippen LogP contribution in [0.2, 0.25) is 0 Å². The molecule has 1 aliphatic rings. The zero-order valence-corrected chi connectivity index (χ0v) is 12.6. The van der Waals surface area contributed by atoms with Crippen molar-refractivity contribution < 1.29 is 9.59 Å². The quantitative estimate of drug-likeness (QED) is 0.849. The minimum atomic E-state index is -0.327. The van der Waals surface area contributed by atoms with Gasteiger partial charge in [0, 0.05) is 5.69 Å². The first-order valence-corrected chi connectivity index (χ1v) is 7.41. The van der Waals surface area contributed by atoms with E-state index in [1.807, 2.05) is 6.07 Å². The maximum atomic E-state index is 11.7. The van der Waals surface area contributed by atoms with Gasteiger partial charge in [-0.1, -0.05) is 36.8 Å². The van der Waals surface area contributed by atoms with Gasteiger partial charge in [0.15, 0.2) is 0 Å². The summed E-state index contributed by atoms with van der Waals surface area (Å²) in [6.07, 6.45) is 0.922. The summed E-state index contributed by atoms with van der Waals surface area (Å²) < 4.78 is 0. The number of aryl methyl sites for hydroxylation is 1. The summed E-state index contributed by atoms with van der Waals surface area (Å²) in [5.41, 5.74) is 4.16. The third-order valence-electron chi connectivity index (χ3n) is 3.96. The number of hydrogen-bond donors (Lipinski definition) is 2. The van der Waals surface area contributed by atoms with Gasteiger partial charge in [-0.15, -0.1) is 0 Å². The highest BCUT2D eigenvalue weighted by Crippen LogP contribution is 2.26.